The first-order chi connectivity index (χ1) is 8.85. The van der Waals surface area contributed by atoms with E-state index in [1.54, 1.807) is 13.2 Å². The van der Waals surface area contributed by atoms with Gasteiger partial charge in [-0.3, -0.25) is 0 Å². The number of piperazine rings is 1. The molecule has 1 aromatic carbocycles. The quantitative estimate of drug-likeness (QED) is 0.648. The molecular formula is C13H17N3O2. The number of anilines is 1. The van der Waals surface area contributed by atoms with E-state index in [4.69, 9.17) is 16.0 Å². The number of benzene rings is 1. The van der Waals surface area contributed by atoms with Crippen LogP contribution in [0.25, 0.3) is 4.85 Å². The molecule has 0 bridgehead atoms. The molecule has 0 aliphatic carbocycles. The molecule has 96 valence electrons. The minimum absolute atomic E-state index is 0.195. The number of nitrogens with one attached hydrogen (secondary N) is 1. The number of hydrogen-bond acceptors (Lipinski definition) is 4. The summed E-state index contributed by atoms with van der Waals surface area (Å²) >= 11 is 0. The van der Waals surface area contributed by atoms with Crippen molar-refractivity contribution < 1.29 is 9.47 Å². The summed E-state index contributed by atoms with van der Waals surface area (Å²) in [7, 11) is 1.59. The van der Waals surface area contributed by atoms with Crippen molar-refractivity contribution in [3.63, 3.8) is 0 Å². The molecule has 0 saturated carbocycles. The van der Waals surface area contributed by atoms with Crippen molar-refractivity contribution in [3.8, 4) is 5.75 Å². The summed E-state index contributed by atoms with van der Waals surface area (Å²) < 4.78 is 10.5. The van der Waals surface area contributed by atoms with Crippen LogP contribution in [0.4, 0.5) is 11.4 Å². The predicted molar refractivity (Wildman–Crippen MR) is 70.3 cm³/mol. The van der Waals surface area contributed by atoms with E-state index in [2.05, 4.69) is 15.1 Å². The van der Waals surface area contributed by atoms with Gasteiger partial charge in [-0.15, -0.1) is 0 Å². The average molecular weight is 247 g/mol. The zero-order valence-corrected chi connectivity index (χ0v) is 10.5. The lowest BCUT2D eigenvalue weighted by molar-refractivity contribution is 0.0514. The standard InChI is InChI=1S/C13H17N3O2/c1-14-11-3-4-12(13(9-11)18-10-17-2)16-7-5-15-6-8-16/h3-4,9,15H,5-8,10H2,2H3. The molecule has 5 nitrogen and oxygen atoms in total. The Kier molecular flexibility index (Phi) is 4.40. The number of hydrogen-bond donors (Lipinski definition) is 1. The van der Waals surface area contributed by atoms with Gasteiger partial charge in [-0.2, -0.15) is 0 Å². The molecule has 1 saturated heterocycles. The first-order valence-electron chi connectivity index (χ1n) is 5.94. The molecule has 5 heteroatoms. The van der Waals surface area contributed by atoms with Gasteiger partial charge in [0.05, 0.1) is 12.3 Å². The van der Waals surface area contributed by atoms with E-state index in [1.165, 1.54) is 0 Å². The van der Waals surface area contributed by atoms with Crippen LogP contribution < -0.4 is 15.0 Å². The number of nitrogens with zero attached hydrogens (tertiary/aromatic N) is 2. The Bertz CT molecular complexity index is 436. The van der Waals surface area contributed by atoms with Gasteiger partial charge in [0.1, 0.15) is 5.75 Å². The van der Waals surface area contributed by atoms with Gasteiger partial charge in [0.15, 0.2) is 12.5 Å². The summed E-state index contributed by atoms with van der Waals surface area (Å²) in [5.74, 6) is 0.715. The van der Waals surface area contributed by atoms with E-state index in [9.17, 15) is 0 Å². The highest BCUT2D eigenvalue weighted by Gasteiger charge is 2.15. The van der Waals surface area contributed by atoms with Gasteiger partial charge < -0.3 is 19.7 Å². The maximum Gasteiger partial charge on any atom is 0.191 e. The lowest BCUT2D eigenvalue weighted by atomic mass is 10.2. The summed E-state index contributed by atoms with van der Waals surface area (Å²) in [6.07, 6.45) is 0. The summed E-state index contributed by atoms with van der Waals surface area (Å²) in [6, 6.07) is 5.54. The minimum atomic E-state index is 0.195. The first kappa shape index (κ1) is 12.7. The molecule has 1 aromatic rings. The van der Waals surface area contributed by atoms with Crippen molar-refractivity contribution in [1.82, 2.24) is 5.32 Å². The largest absolute Gasteiger partial charge is 0.467 e. The highest BCUT2D eigenvalue weighted by Crippen LogP contribution is 2.32. The zero-order chi connectivity index (χ0) is 12.8. The normalized spacial score (nSPS) is 15.2. The zero-order valence-electron chi connectivity index (χ0n) is 10.5. The summed E-state index contributed by atoms with van der Waals surface area (Å²) in [6.45, 7) is 11.1. The van der Waals surface area contributed by atoms with Gasteiger partial charge >= 0.3 is 0 Å². The van der Waals surface area contributed by atoms with Crippen LogP contribution in [-0.4, -0.2) is 40.1 Å². The Labute approximate surface area is 107 Å². The minimum Gasteiger partial charge on any atom is -0.467 e. The molecule has 0 aromatic heterocycles. The lowest BCUT2D eigenvalue weighted by Crippen LogP contribution is -2.43. The fourth-order valence-corrected chi connectivity index (χ4v) is 1.98. The molecular weight excluding hydrogens is 230 g/mol. The monoisotopic (exact) mass is 247 g/mol. The maximum absolute atomic E-state index is 7.05. The van der Waals surface area contributed by atoms with Gasteiger partial charge in [0.2, 0.25) is 0 Å². The van der Waals surface area contributed by atoms with Crippen LogP contribution in [0.15, 0.2) is 18.2 Å². The van der Waals surface area contributed by atoms with E-state index in [0.717, 1.165) is 31.9 Å². The molecule has 0 amide bonds. The Morgan fingerprint density at radius 2 is 2.17 bits per heavy atom. The highest BCUT2D eigenvalue weighted by molar-refractivity contribution is 5.65. The Balaban J connectivity index is 2.23. The molecule has 0 unspecified atom stereocenters. The fraction of sp³-hybridized carbons (Fsp3) is 0.462. The van der Waals surface area contributed by atoms with Crippen molar-refractivity contribution in [1.29, 1.82) is 0 Å². The number of methoxy groups -OCH3 is 1. The molecule has 2 rings (SSSR count). The highest BCUT2D eigenvalue weighted by atomic mass is 16.7. The van der Waals surface area contributed by atoms with E-state index < -0.39 is 0 Å². The van der Waals surface area contributed by atoms with E-state index in [1.807, 2.05) is 12.1 Å². The molecule has 1 aliphatic heterocycles. The molecule has 0 atom stereocenters. The van der Waals surface area contributed by atoms with Crippen LogP contribution in [0.3, 0.4) is 0 Å². The van der Waals surface area contributed by atoms with Gasteiger partial charge in [0.25, 0.3) is 0 Å². The van der Waals surface area contributed by atoms with Crippen LogP contribution in [0, 0.1) is 6.57 Å². The van der Waals surface area contributed by atoms with E-state index in [0.29, 0.717) is 11.4 Å². The first-order valence-corrected chi connectivity index (χ1v) is 5.94. The van der Waals surface area contributed by atoms with E-state index >= 15 is 0 Å². The van der Waals surface area contributed by atoms with Crippen LogP contribution in [0.5, 0.6) is 5.75 Å². The van der Waals surface area contributed by atoms with Gasteiger partial charge in [-0.05, 0) is 12.1 Å². The van der Waals surface area contributed by atoms with Crippen LogP contribution in [0.1, 0.15) is 0 Å². The van der Waals surface area contributed by atoms with Crippen LogP contribution in [0.2, 0.25) is 0 Å². The Hall–Kier alpha value is -1.77. The topological polar surface area (TPSA) is 38.1 Å². The van der Waals surface area contributed by atoms with Gasteiger partial charge in [-0.1, -0.05) is 6.07 Å². The Morgan fingerprint density at radius 1 is 1.39 bits per heavy atom. The maximum atomic E-state index is 7.05. The van der Waals surface area contributed by atoms with E-state index in [-0.39, 0.29) is 6.79 Å². The third-order valence-electron chi connectivity index (χ3n) is 2.86. The molecule has 0 radical (unpaired) electrons. The van der Waals surface area contributed by atoms with Crippen molar-refractivity contribution in [2.75, 3.05) is 45.0 Å². The number of rotatable bonds is 4. The summed E-state index contributed by atoms with van der Waals surface area (Å²) in [5.41, 5.74) is 1.61. The molecule has 1 fully saturated rings. The van der Waals surface area contributed by atoms with Crippen LogP contribution in [-0.2, 0) is 4.74 Å². The molecule has 1 heterocycles. The van der Waals surface area contributed by atoms with Crippen LogP contribution >= 0.6 is 0 Å². The second kappa shape index (κ2) is 6.24. The van der Waals surface area contributed by atoms with Crippen molar-refractivity contribution in [2.24, 2.45) is 0 Å². The SMILES string of the molecule is [C-]#[N+]c1ccc(N2CCNCC2)c(OCOC)c1. The number of ether oxygens (including phenoxy) is 2. The molecule has 1 N–H and O–H groups in total. The summed E-state index contributed by atoms with van der Waals surface area (Å²) in [5, 5.41) is 3.31. The van der Waals surface area contributed by atoms with Gasteiger partial charge in [0, 0.05) is 33.3 Å². The third kappa shape index (κ3) is 2.92. The second-order valence-corrected chi connectivity index (χ2v) is 4.05. The Morgan fingerprint density at radius 3 is 2.83 bits per heavy atom. The molecule has 0 spiro atoms. The molecule has 18 heavy (non-hydrogen) atoms. The third-order valence-corrected chi connectivity index (χ3v) is 2.86. The molecule has 1 aliphatic rings. The fourth-order valence-electron chi connectivity index (χ4n) is 1.98. The van der Waals surface area contributed by atoms with Crippen molar-refractivity contribution in [3.05, 3.63) is 29.6 Å². The van der Waals surface area contributed by atoms with Gasteiger partial charge in [-0.25, -0.2) is 4.85 Å². The smallest absolute Gasteiger partial charge is 0.191 e. The van der Waals surface area contributed by atoms with Crippen molar-refractivity contribution >= 4 is 11.4 Å². The predicted octanol–water partition coefficient (Wildman–Crippen LogP) is 1.63. The summed E-state index contributed by atoms with van der Waals surface area (Å²) in [4.78, 5) is 5.68. The second-order valence-electron chi connectivity index (χ2n) is 4.05. The lowest BCUT2D eigenvalue weighted by Gasteiger charge is -2.30. The van der Waals surface area contributed by atoms with Crippen molar-refractivity contribution in [2.45, 2.75) is 0 Å². The average Bonchev–Trinajstić information content (AvgIpc) is 2.45.